The number of esters is 1. The van der Waals surface area contributed by atoms with Gasteiger partial charge in [-0.15, -0.1) is 0 Å². The number of methoxy groups -OCH3 is 1. The highest BCUT2D eigenvalue weighted by atomic mass is 32.2. The van der Waals surface area contributed by atoms with E-state index in [0.717, 1.165) is 5.03 Å². The summed E-state index contributed by atoms with van der Waals surface area (Å²) in [6.07, 6.45) is 3.06. The maximum absolute atomic E-state index is 10.7. The van der Waals surface area contributed by atoms with Crippen LogP contribution in [0.25, 0.3) is 0 Å². The van der Waals surface area contributed by atoms with Gasteiger partial charge < -0.3 is 4.74 Å². The quantitative estimate of drug-likeness (QED) is 0.419. The fourth-order valence-corrected chi connectivity index (χ4v) is 1.24. The third kappa shape index (κ3) is 3.75. The smallest absolute Gasteiger partial charge is 0.330 e. The van der Waals surface area contributed by atoms with Gasteiger partial charge in [0.2, 0.25) is 0 Å². The minimum atomic E-state index is -0.358. The molecule has 1 aromatic heterocycles. The van der Waals surface area contributed by atoms with Crippen LogP contribution in [0.3, 0.4) is 0 Å². The minimum absolute atomic E-state index is 0.358. The second kappa shape index (κ2) is 5.37. The molecule has 3 nitrogen and oxygen atoms in total. The van der Waals surface area contributed by atoms with Crippen LogP contribution in [0, 0.1) is 0 Å². The Balaban J connectivity index is 2.44. The molecule has 0 N–H and O–H groups in total. The molecular formula is C9H9NO2S. The van der Waals surface area contributed by atoms with Crippen molar-refractivity contribution in [3.63, 3.8) is 0 Å². The van der Waals surface area contributed by atoms with Crippen molar-refractivity contribution in [1.82, 2.24) is 4.98 Å². The molecule has 0 atom stereocenters. The Bertz CT molecular complexity index is 298. The Morgan fingerprint density at radius 3 is 3.08 bits per heavy atom. The molecule has 1 aromatic rings. The van der Waals surface area contributed by atoms with Crippen molar-refractivity contribution < 1.29 is 9.53 Å². The molecule has 0 saturated carbocycles. The van der Waals surface area contributed by atoms with Crippen molar-refractivity contribution in [2.45, 2.75) is 5.03 Å². The molecule has 0 fully saturated rings. The van der Waals surface area contributed by atoms with Gasteiger partial charge in [-0.1, -0.05) is 17.8 Å². The number of rotatable bonds is 3. The molecule has 68 valence electrons. The molecular weight excluding hydrogens is 186 g/mol. The fourth-order valence-electron chi connectivity index (χ4n) is 0.644. The Morgan fingerprint density at radius 2 is 2.46 bits per heavy atom. The first-order chi connectivity index (χ1) is 6.33. The van der Waals surface area contributed by atoms with E-state index in [4.69, 9.17) is 0 Å². The summed E-state index contributed by atoms with van der Waals surface area (Å²) in [5.41, 5.74) is 0. The summed E-state index contributed by atoms with van der Waals surface area (Å²) < 4.78 is 4.43. The van der Waals surface area contributed by atoms with E-state index in [0.29, 0.717) is 0 Å². The number of hydrogen-bond donors (Lipinski definition) is 0. The molecule has 0 unspecified atom stereocenters. The van der Waals surface area contributed by atoms with Crippen LogP contribution in [0.5, 0.6) is 0 Å². The number of thioether (sulfide) groups is 1. The third-order valence-electron chi connectivity index (χ3n) is 1.23. The van der Waals surface area contributed by atoms with E-state index < -0.39 is 0 Å². The van der Waals surface area contributed by atoms with Gasteiger partial charge in [0.15, 0.2) is 0 Å². The van der Waals surface area contributed by atoms with Crippen LogP contribution in [0.4, 0.5) is 0 Å². The topological polar surface area (TPSA) is 39.2 Å². The highest BCUT2D eigenvalue weighted by molar-refractivity contribution is 8.02. The zero-order chi connectivity index (χ0) is 9.52. The number of pyridine rings is 1. The van der Waals surface area contributed by atoms with Crippen molar-refractivity contribution >= 4 is 17.7 Å². The molecule has 4 heteroatoms. The van der Waals surface area contributed by atoms with Gasteiger partial charge in [0.1, 0.15) is 5.03 Å². The molecule has 0 radical (unpaired) electrons. The number of aromatic nitrogens is 1. The van der Waals surface area contributed by atoms with E-state index >= 15 is 0 Å². The normalized spacial score (nSPS) is 10.2. The maximum atomic E-state index is 10.7. The molecule has 0 spiro atoms. The summed E-state index contributed by atoms with van der Waals surface area (Å²) >= 11 is 1.37. The number of carbonyl (C=O) groups excluding carboxylic acids is 1. The Labute approximate surface area is 80.8 Å². The molecule has 13 heavy (non-hydrogen) atoms. The average Bonchev–Trinajstić information content (AvgIpc) is 2.19. The zero-order valence-corrected chi connectivity index (χ0v) is 7.95. The van der Waals surface area contributed by atoms with E-state index in [9.17, 15) is 4.79 Å². The van der Waals surface area contributed by atoms with Gasteiger partial charge in [0.05, 0.1) is 7.11 Å². The Morgan fingerprint density at radius 1 is 1.62 bits per heavy atom. The molecule has 0 amide bonds. The predicted octanol–water partition coefficient (Wildman–Crippen LogP) is 1.86. The standard InChI is InChI=1S/C9H9NO2S/c1-12-9(11)5-7-13-8-4-2-3-6-10-8/h2-7H,1H3/b7-5+. The molecule has 0 aliphatic carbocycles. The lowest BCUT2D eigenvalue weighted by Crippen LogP contribution is -1.92. The van der Waals surface area contributed by atoms with Gasteiger partial charge >= 0.3 is 5.97 Å². The van der Waals surface area contributed by atoms with Gasteiger partial charge in [-0.05, 0) is 17.5 Å². The lowest BCUT2D eigenvalue weighted by atomic mass is 10.5. The van der Waals surface area contributed by atoms with Crippen LogP contribution < -0.4 is 0 Å². The third-order valence-corrected chi connectivity index (χ3v) is 1.99. The number of ether oxygens (including phenoxy) is 1. The first-order valence-corrected chi connectivity index (χ1v) is 4.53. The summed E-state index contributed by atoms with van der Waals surface area (Å²) in [4.78, 5) is 14.7. The average molecular weight is 195 g/mol. The second-order valence-electron chi connectivity index (χ2n) is 2.11. The van der Waals surface area contributed by atoms with Crippen LogP contribution in [0.2, 0.25) is 0 Å². The van der Waals surface area contributed by atoms with Gasteiger partial charge in [0, 0.05) is 12.3 Å². The van der Waals surface area contributed by atoms with Crippen LogP contribution in [-0.4, -0.2) is 18.1 Å². The van der Waals surface area contributed by atoms with Gasteiger partial charge in [-0.3, -0.25) is 0 Å². The fraction of sp³-hybridized carbons (Fsp3) is 0.111. The summed E-state index contributed by atoms with van der Waals surface area (Å²) in [5, 5.41) is 2.50. The van der Waals surface area contributed by atoms with E-state index in [1.807, 2.05) is 18.2 Å². The lowest BCUT2D eigenvalue weighted by Gasteiger charge is -1.92. The van der Waals surface area contributed by atoms with Crippen molar-refractivity contribution in [1.29, 1.82) is 0 Å². The first-order valence-electron chi connectivity index (χ1n) is 3.65. The SMILES string of the molecule is COC(=O)/C=C/Sc1ccccn1. The Hall–Kier alpha value is -1.29. The summed E-state index contributed by atoms with van der Waals surface area (Å²) in [6.45, 7) is 0. The van der Waals surface area contributed by atoms with Crippen molar-refractivity contribution in [2.75, 3.05) is 7.11 Å². The van der Waals surface area contributed by atoms with Gasteiger partial charge in [-0.25, -0.2) is 9.78 Å². The van der Waals surface area contributed by atoms with E-state index in [2.05, 4.69) is 9.72 Å². The molecule has 1 rings (SSSR count). The van der Waals surface area contributed by atoms with Crippen molar-refractivity contribution in [3.8, 4) is 0 Å². The van der Waals surface area contributed by atoms with E-state index in [1.165, 1.54) is 24.9 Å². The lowest BCUT2D eigenvalue weighted by molar-refractivity contribution is -0.134. The zero-order valence-electron chi connectivity index (χ0n) is 7.14. The predicted molar refractivity (Wildman–Crippen MR) is 51.3 cm³/mol. The largest absolute Gasteiger partial charge is 0.466 e. The summed E-state index contributed by atoms with van der Waals surface area (Å²) in [5.74, 6) is -0.358. The van der Waals surface area contributed by atoms with Gasteiger partial charge in [0.25, 0.3) is 0 Å². The highest BCUT2D eigenvalue weighted by Crippen LogP contribution is 2.14. The van der Waals surface area contributed by atoms with Crippen LogP contribution >= 0.6 is 11.8 Å². The molecule has 0 aromatic carbocycles. The molecule has 0 aliphatic heterocycles. The summed E-state index contributed by atoms with van der Waals surface area (Å²) in [6, 6.07) is 5.60. The molecule has 0 saturated heterocycles. The number of hydrogen-bond acceptors (Lipinski definition) is 4. The van der Waals surface area contributed by atoms with Crippen LogP contribution in [0.15, 0.2) is 40.9 Å². The first kappa shape index (κ1) is 9.80. The number of carbonyl (C=O) groups is 1. The molecule has 1 heterocycles. The van der Waals surface area contributed by atoms with Crippen molar-refractivity contribution in [3.05, 3.63) is 35.9 Å². The number of nitrogens with zero attached hydrogens (tertiary/aromatic N) is 1. The van der Waals surface area contributed by atoms with Gasteiger partial charge in [-0.2, -0.15) is 0 Å². The second-order valence-corrected chi connectivity index (χ2v) is 3.04. The van der Waals surface area contributed by atoms with E-state index in [-0.39, 0.29) is 5.97 Å². The summed E-state index contributed by atoms with van der Waals surface area (Å²) in [7, 11) is 1.35. The Kier molecular flexibility index (Phi) is 4.05. The minimum Gasteiger partial charge on any atom is -0.466 e. The maximum Gasteiger partial charge on any atom is 0.330 e. The van der Waals surface area contributed by atoms with E-state index in [1.54, 1.807) is 11.6 Å². The molecule has 0 bridgehead atoms. The molecule has 0 aliphatic rings. The van der Waals surface area contributed by atoms with Crippen LogP contribution in [-0.2, 0) is 9.53 Å². The van der Waals surface area contributed by atoms with Crippen LogP contribution in [0.1, 0.15) is 0 Å². The highest BCUT2D eigenvalue weighted by Gasteiger charge is 1.91. The monoisotopic (exact) mass is 195 g/mol. The van der Waals surface area contributed by atoms with Crippen molar-refractivity contribution in [2.24, 2.45) is 0 Å².